The molecule has 0 radical (unpaired) electrons. The molecule has 0 aliphatic carbocycles. The molecule has 1 aromatic heterocycles. The van der Waals surface area contributed by atoms with Gasteiger partial charge in [-0.15, -0.1) is 0 Å². The van der Waals surface area contributed by atoms with Crippen LogP contribution in [0.3, 0.4) is 0 Å². The largest absolute Gasteiger partial charge is 0.358 e. The van der Waals surface area contributed by atoms with Crippen molar-refractivity contribution in [1.29, 1.82) is 0 Å². The summed E-state index contributed by atoms with van der Waals surface area (Å²) in [5.74, 6) is 0.412. The Hall–Kier alpha value is -2.78. The van der Waals surface area contributed by atoms with E-state index in [4.69, 9.17) is 0 Å². The van der Waals surface area contributed by atoms with Gasteiger partial charge in [-0.25, -0.2) is 15.0 Å². The third kappa shape index (κ3) is 4.24. The van der Waals surface area contributed by atoms with Crippen LogP contribution >= 0.6 is 0 Å². The lowest BCUT2D eigenvalue weighted by Gasteiger charge is -2.32. The molecular weight excluding hydrogens is 334 g/mol. The Balaban J connectivity index is 1.81. The summed E-state index contributed by atoms with van der Waals surface area (Å²) in [6, 6.07) is 9.61. The van der Waals surface area contributed by atoms with E-state index in [0.29, 0.717) is 0 Å². The minimum Gasteiger partial charge on any atom is -0.358 e. The number of aromatic nitrogens is 2. The molecule has 1 unspecified atom stereocenters. The smallest absolute Gasteiger partial charge is 0.354 e. The number of anilines is 2. The summed E-state index contributed by atoms with van der Waals surface area (Å²) in [4.78, 5) is 21.6. The van der Waals surface area contributed by atoms with Crippen LogP contribution in [0.1, 0.15) is 18.5 Å². The Morgan fingerprint density at radius 1 is 1.12 bits per heavy atom. The molecule has 0 spiro atoms. The number of nitro groups is 1. The first-order valence-electron chi connectivity index (χ1n) is 8.55. The van der Waals surface area contributed by atoms with Crippen LogP contribution in [0.25, 0.3) is 0 Å². The highest BCUT2D eigenvalue weighted by atomic mass is 16.6. The normalized spacial score (nSPS) is 16.8. The summed E-state index contributed by atoms with van der Waals surface area (Å²) in [5.41, 5.74) is 3.96. The van der Waals surface area contributed by atoms with Crippen molar-refractivity contribution in [3.63, 3.8) is 0 Å². The molecule has 2 aromatic rings. The number of nitrogens with one attached hydrogen (secondary N) is 2. The van der Waals surface area contributed by atoms with E-state index >= 15 is 0 Å². The van der Waals surface area contributed by atoms with E-state index in [1.807, 2.05) is 42.3 Å². The van der Waals surface area contributed by atoms with Crippen molar-refractivity contribution in [2.75, 3.05) is 44.0 Å². The fraction of sp³-hybridized carbons (Fsp3) is 0.412. The molecule has 26 heavy (non-hydrogen) atoms. The third-order valence-corrected chi connectivity index (χ3v) is 4.42. The first-order chi connectivity index (χ1) is 12.5. The molecule has 2 heterocycles. The van der Waals surface area contributed by atoms with E-state index < -0.39 is 4.92 Å². The van der Waals surface area contributed by atoms with Crippen LogP contribution in [0.5, 0.6) is 0 Å². The van der Waals surface area contributed by atoms with E-state index in [9.17, 15) is 10.1 Å². The summed E-state index contributed by atoms with van der Waals surface area (Å²) >= 11 is 0. The van der Waals surface area contributed by atoms with Crippen molar-refractivity contribution >= 4 is 17.3 Å². The van der Waals surface area contributed by atoms with Crippen molar-refractivity contribution in [3.05, 3.63) is 52.3 Å². The first-order valence-corrected chi connectivity index (χ1v) is 8.55. The molecule has 1 aliphatic rings. The van der Waals surface area contributed by atoms with E-state index in [-0.39, 0.29) is 23.4 Å². The predicted molar refractivity (Wildman–Crippen MR) is 99.9 cm³/mol. The average Bonchev–Trinajstić information content (AvgIpc) is 2.64. The number of benzene rings is 1. The van der Waals surface area contributed by atoms with Gasteiger partial charge in [-0.2, -0.15) is 0 Å². The number of hydrazine groups is 1. The van der Waals surface area contributed by atoms with Crippen LogP contribution in [0.4, 0.5) is 17.3 Å². The van der Waals surface area contributed by atoms with Gasteiger partial charge in [0.05, 0.1) is 11.0 Å². The lowest BCUT2D eigenvalue weighted by atomic mass is 10.1. The molecule has 0 saturated carbocycles. The Morgan fingerprint density at radius 3 is 2.42 bits per heavy atom. The summed E-state index contributed by atoms with van der Waals surface area (Å²) in [7, 11) is 2.05. The standard InChI is InChI=1S/C17H23N7O2/c1-13(14-6-4-3-5-7-14)20-16-15(24(25)26)17(19-12-18-16)21-23-10-8-22(2)9-11-23/h3-7,12-13H,8-11H2,1-2H3,(H2,18,19,20,21). The maximum absolute atomic E-state index is 11.7. The van der Waals surface area contributed by atoms with Gasteiger partial charge < -0.3 is 10.2 Å². The second-order valence-electron chi connectivity index (χ2n) is 6.36. The Bertz CT molecular complexity index is 748. The van der Waals surface area contributed by atoms with E-state index in [1.54, 1.807) is 0 Å². The molecule has 138 valence electrons. The van der Waals surface area contributed by atoms with Crippen LogP contribution in [-0.4, -0.2) is 58.0 Å². The molecular formula is C17H23N7O2. The van der Waals surface area contributed by atoms with Gasteiger partial charge in [-0.3, -0.25) is 15.5 Å². The number of likely N-dealkylation sites (N-methyl/N-ethyl adjacent to an activating group) is 1. The number of hydrogen-bond acceptors (Lipinski definition) is 8. The highest BCUT2D eigenvalue weighted by Crippen LogP contribution is 2.31. The van der Waals surface area contributed by atoms with Crippen molar-refractivity contribution in [2.45, 2.75) is 13.0 Å². The summed E-state index contributed by atoms with van der Waals surface area (Å²) in [6.45, 7) is 5.25. The third-order valence-electron chi connectivity index (χ3n) is 4.42. The minimum atomic E-state index is -0.446. The fourth-order valence-electron chi connectivity index (χ4n) is 2.84. The number of rotatable bonds is 6. The monoisotopic (exact) mass is 357 g/mol. The lowest BCUT2D eigenvalue weighted by Crippen LogP contribution is -2.47. The highest BCUT2D eigenvalue weighted by molar-refractivity contribution is 5.69. The van der Waals surface area contributed by atoms with Crippen LogP contribution in [0.15, 0.2) is 36.7 Å². The zero-order valence-electron chi connectivity index (χ0n) is 14.9. The van der Waals surface area contributed by atoms with Crippen LogP contribution in [0, 0.1) is 10.1 Å². The maximum Gasteiger partial charge on any atom is 0.354 e. The molecule has 0 amide bonds. The van der Waals surface area contributed by atoms with Crippen molar-refractivity contribution in [1.82, 2.24) is 19.9 Å². The molecule has 1 aliphatic heterocycles. The van der Waals surface area contributed by atoms with Gasteiger partial charge in [0.2, 0.25) is 11.6 Å². The predicted octanol–water partition coefficient (Wildman–Crippen LogP) is 2.13. The van der Waals surface area contributed by atoms with Gasteiger partial charge >= 0.3 is 5.69 Å². The summed E-state index contributed by atoms with van der Waals surface area (Å²) in [5, 5.41) is 16.8. The molecule has 3 rings (SSSR count). The Morgan fingerprint density at radius 2 is 1.77 bits per heavy atom. The highest BCUT2D eigenvalue weighted by Gasteiger charge is 2.26. The minimum absolute atomic E-state index is 0.124. The van der Waals surface area contributed by atoms with E-state index in [0.717, 1.165) is 31.7 Å². The molecule has 0 bridgehead atoms. The van der Waals surface area contributed by atoms with E-state index in [1.165, 1.54) is 6.33 Å². The van der Waals surface area contributed by atoms with Gasteiger partial charge in [-0.05, 0) is 19.5 Å². The second-order valence-corrected chi connectivity index (χ2v) is 6.36. The molecule has 1 fully saturated rings. The van der Waals surface area contributed by atoms with Gasteiger partial charge in [-0.1, -0.05) is 30.3 Å². The van der Waals surface area contributed by atoms with Gasteiger partial charge in [0.25, 0.3) is 0 Å². The SMILES string of the molecule is CC(Nc1ncnc(NN2CCN(C)CC2)c1[N+](=O)[O-])c1ccccc1. The second kappa shape index (κ2) is 8.07. The van der Waals surface area contributed by atoms with Crippen molar-refractivity contribution in [2.24, 2.45) is 0 Å². The Labute approximate surface area is 152 Å². The molecule has 2 N–H and O–H groups in total. The van der Waals surface area contributed by atoms with Gasteiger partial charge in [0.15, 0.2) is 0 Å². The number of nitrogens with zero attached hydrogens (tertiary/aromatic N) is 5. The van der Waals surface area contributed by atoms with Gasteiger partial charge in [0.1, 0.15) is 6.33 Å². The summed E-state index contributed by atoms with van der Waals surface area (Å²) < 4.78 is 0. The fourth-order valence-corrected chi connectivity index (χ4v) is 2.84. The van der Waals surface area contributed by atoms with Crippen LogP contribution in [-0.2, 0) is 0 Å². The van der Waals surface area contributed by atoms with Gasteiger partial charge in [0, 0.05) is 26.2 Å². The van der Waals surface area contributed by atoms with E-state index in [2.05, 4.69) is 32.7 Å². The molecule has 1 atom stereocenters. The quantitative estimate of drug-likeness (QED) is 0.599. The zero-order chi connectivity index (χ0) is 18.5. The molecule has 9 heteroatoms. The Kier molecular flexibility index (Phi) is 5.59. The number of piperazine rings is 1. The number of hydrogen-bond donors (Lipinski definition) is 2. The van der Waals surface area contributed by atoms with Crippen LogP contribution in [0.2, 0.25) is 0 Å². The van der Waals surface area contributed by atoms with Crippen LogP contribution < -0.4 is 10.7 Å². The summed E-state index contributed by atoms with van der Waals surface area (Å²) in [6.07, 6.45) is 1.34. The van der Waals surface area contributed by atoms with Crippen molar-refractivity contribution in [3.8, 4) is 0 Å². The molecule has 1 aromatic carbocycles. The average molecular weight is 357 g/mol. The maximum atomic E-state index is 11.7. The zero-order valence-corrected chi connectivity index (χ0v) is 14.9. The first kappa shape index (κ1) is 18.0. The molecule has 9 nitrogen and oxygen atoms in total. The topological polar surface area (TPSA) is 99.5 Å². The molecule has 1 saturated heterocycles. The van der Waals surface area contributed by atoms with Crippen molar-refractivity contribution < 1.29 is 4.92 Å². The lowest BCUT2D eigenvalue weighted by molar-refractivity contribution is -0.383.